The minimum atomic E-state index is -4.43. The van der Waals surface area contributed by atoms with Crippen LogP contribution < -0.4 is 15.5 Å². The third kappa shape index (κ3) is 8.33. The van der Waals surface area contributed by atoms with E-state index in [9.17, 15) is 18.0 Å². The molecular weight excluding hydrogens is 495 g/mol. The smallest absolute Gasteiger partial charge is 0.416 e. The number of nitrogens with one attached hydrogen (secondary N) is 2. The van der Waals surface area contributed by atoms with Crippen LogP contribution in [0.15, 0.2) is 48.5 Å². The molecule has 0 saturated heterocycles. The lowest BCUT2D eigenvalue weighted by molar-refractivity contribution is -0.159. The molecule has 3 aromatic rings. The van der Waals surface area contributed by atoms with Crippen LogP contribution in [0.1, 0.15) is 29.8 Å². The maximum atomic E-state index is 12.6. The van der Waals surface area contributed by atoms with Gasteiger partial charge in [0.15, 0.2) is 0 Å². The number of carbonyl (C=O) groups excluding carboxylic acids is 1. The minimum absolute atomic E-state index is 0.171. The van der Waals surface area contributed by atoms with Gasteiger partial charge in [-0.3, -0.25) is 4.79 Å². The molecule has 4 N–H and O–H groups in total. The van der Waals surface area contributed by atoms with Gasteiger partial charge >= 0.3 is 18.1 Å². The maximum absolute atomic E-state index is 12.6. The number of aromatic nitrogens is 2. The van der Waals surface area contributed by atoms with E-state index in [1.165, 1.54) is 12.1 Å². The number of fused-ring (bicyclic) bond motifs is 1. The van der Waals surface area contributed by atoms with Crippen LogP contribution in [0.4, 0.5) is 24.9 Å². The fourth-order valence-electron chi connectivity index (χ4n) is 3.12. The molecule has 3 rings (SSSR count). The fourth-order valence-corrected chi connectivity index (χ4v) is 3.12. The average molecular weight is 521 g/mol. The highest BCUT2D eigenvalue weighted by Gasteiger charge is 2.30. The summed E-state index contributed by atoms with van der Waals surface area (Å²) in [6, 6.07) is 11.8. The molecule has 198 valence electrons. The topological polar surface area (TPSA) is 145 Å². The van der Waals surface area contributed by atoms with E-state index in [1.807, 2.05) is 43.0 Å². The lowest BCUT2D eigenvalue weighted by atomic mass is 10.1. The van der Waals surface area contributed by atoms with Gasteiger partial charge in [-0.1, -0.05) is 12.1 Å². The standard InChI is InChI=1S/C22H24F3N5O.C2H2O4/c1-3-30(4-2)21-28-18-8-6-5-7-17(18)19(29-21)26-13-14-27-20(31)15-9-11-16(12-10-15)22(23,24)25;3-1(4)2(5)6/h5-12H,3-4,13-14H2,1-2H3,(H,27,31)(H,26,28,29);(H,3,4)(H,5,6). The van der Waals surface area contributed by atoms with Crippen LogP contribution in [0.5, 0.6) is 0 Å². The van der Waals surface area contributed by atoms with E-state index in [-0.39, 0.29) is 12.1 Å². The van der Waals surface area contributed by atoms with Crippen molar-refractivity contribution in [3.63, 3.8) is 0 Å². The number of hydrogen-bond donors (Lipinski definition) is 4. The summed E-state index contributed by atoms with van der Waals surface area (Å²) in [6.45, 7) is 6.29. The fraction of sp³-hybridized carbons (Fsp3) is 0.292. The van der Waals surface area contributed by atoms with Crippen molar-refractivity contribution in [2.45, 2.75) is 20.0 Å². The molecule has 1 aromatic heterocycles. The zero-order valence-corrected chi connectivity index (χ0v) is 20.0. The number of halogens is 3. The summed E-state index contributed by atoms with van der Waals surface area (Å²) < 4.78 is 37.9. The maximum Gasteiger partial charge on any atom is 0.416 e. The van der Waals surface area contributed by atoms with Crippen LogP contribution in [0, 0.1) is 0 Å². The van der Waals surface area contributed by atoms with Crippen molar-refractivity contribution in [1.29, 1.82) is 0 Å². The predicted octanol–water partition coefficient (Wildman–Crippen LogP) is 3.49. The summed E-state index contributed by atoms with van der Waals surface area (Å²) in [4.78, 5) is 41.7. The molecule has 0 atom stereocenters. The largest absolute Gasteiger partial charge is 0.473 e. The van der Waals surface area contributed by atoms with Crippen LogP contribution in [-0.4, -0.2) is 64.2 Å². The first kappa shape index (κ1) is 28.8. The zero-order valence-electron chi connectivity index (χ0n) is 20.0. The van der Waals surface area contributed by atoms with Crippen molar-refractivity contribution in [2.24, 2.45) is 0 Å². The summed E-state index contributed by atoms with van der Waals surface area (Å²) in [5.74, 6) is -2.80. The number of hydrogen-bond acceptors (Lipinski definition) is 7. The van der Waals surface area contributed by atoms with E-state index in [1.54, 1.807) is 0 Å². The van der Waals surface area contributed by atoms with Gasteiger partial charge in [0.05, 0.1) is 11.1 Å². The van der Waals surface area contributed by atoms with Crippen molar-refractivity contribution in [3.8, 4) is 0 Å². The molecule has 0 spiro atoms. The number of aliphatic carboxylic acids is 2. The number of amides is 1. The van der Waals surface area contributed by atoms with Crippen molar-refractivity contribution in [2.75, 3.05) is 36.4 Å². The molecule has 0 saturated carbocycles. The summed E-state index contributed by atoms with van der Waals surface area (Å²) in [6.07, 6.45) is -4.43. The van der Waals surface area contributed by atoms with Crippen molar-refractivity contribution in [1.82, 2.24) is 15.3 Å². The van der Waals surface area contributed by atoms with Crippen LogP contribution in [0.2, 0.25) is 0 Å². The SMILES string of the molecule is CCN(CC)c1nc(NCCNC(=O)c2ccc(C(F)(F)F)cc2)c2ccccc2n1.O=C(O)C(=O)O. The second-order valence-electron chi connectivity index (χ2n) is 7.43. The van der Waals surface area contributed by atoms with Crippen LogP contribution in [0.3, 0.4) is 0 Å². The molecule has 0 bridgehead atoms. The Bertz CT molecular complexity index is 1220. The summed E-state index contributed by atoms with van der Waals surface area (Å²) in [7, 11) is 0. The second-order valence-corrected chi connectivity index (χ2v) is 7.43. The van der Waals surface area contributed by atoms with E-state index in [2.05, 4.69) is 20.6 Å². The van der Waals surface area contributed by atoms with E-state index in [0.29, 0.717) is 18.3 Å². The highest BCUT2D eigenvalue weighted by atomic mass is 19.4. The number of para-hydroxylation sites is 1. The Kier molecular flexibility index (Phi) is 10.2. The molecule has 1 heterocycles. The Morgan fingerprint density at radius 2 is 1.49 bits per heavy atom. The van der Waals surface area contributed by atoms with Gasteiger partial charge in [0.25, 0.3) is 5.91 Å². The monoisotopic (exact) mass is 521 g/mol. The molecule has 2 aromatic carbocycles. The van der Waals surface area contributed by atoms with Crippen LogP contribution >= 0.6 is 0 Å². The van der Waals surface area contributed by atoms with Gasteiger partial charge in [-0.05, 0) is 50.2 Å². The molecule has 0 aliphatic rings. The number of carboxylic acids is 2. The molecule has 13 heteroatoms. The molecule has 0 aliphatic carbocycles. The number of anilines is 2. The number of rotatable bonds is 8. The summed E-state index contributed by atoms with van der Waals surface area (Å²) >= 11 is 0. The first-order valence-electron chi connectivity index (χ1n) is 11.1. The third-order valence-corrected chi connectivity index (χ3v) is 5.00. The van der Waals surface area contributed by atoms with E-state index in [4.69, 9.17) is 19.8 Å². The molecule has 1 amide bonds. The van der Waals surface area contributed by atoms with E-state index >= 15 is 0 Å². The Morgan fingerprint density at radius 1 is 0.892 bits per heavy atom. The van der Waals surface area contributed by atoms with Gasteiger partial charge in [0.1, 0.15) is 5.82 Å². The van der Waals surface area contributed by atoms with Crippen LogP contribution in [-0.2, 0) is 15.8 Å². The first-order chi connectivity index (χ1) is 17.5. The zero-order chi connectivity index (χ0) is 27.6. The number of carboxylic acid groups (broad SMARTS) is 2. The van der Waals surface area contributed by atoms with Gasteiger partial charge in [0, 0.05) is 37.1 Å². The number of carbonyl (C=O) groups is 3. The van der Waals surface area contributed by atoms with Gasteiger partial charge in [-0.2, -0.15) is 18.2 Å². The molecule has 10 nitrogen and oxygen atoms in total. The molecular formula is C24H26F3N5O5. The Morgan fingerprint density at radius 3 is 2.03 bits per heavy atom. The van der Waals surface area contributed by atoms with E-state index < -0.39 is 29.6 Å². The minimum Gasteiger partial charge on any atom is -0.473 e. The Labute approximate surface area is 210 Å². The van der Waals surface area contributed by atoms with Crippen LogP contribution in [0.25, 0.3) is 10.9 Å². The molecule has 0 fully saturated rings. The average Bonchev–Trinajstić information content (AvgIpc) is 2.87. The Hall–Kier alpha value is -4.42. The third-order valence-electron chi connectivity index (χ3n) is 5.00. The second kappa shape index (κ2) is 13.0. The predicted molar refractivity (Wildman–Crippen MR) is 131 cm³/mol. The summed E-state index contributed by atoms with van der Waals surface area (Å²) in [5.41, 5.74) is 0.199. The highest BCUT2D eigenvalue weighted by Crippen LogP contribution is 2.29. The van der Waals surface area contributed by atoms with Gasteiger partial charge < -0.3 is 25.7 Å². The van der Waals surface area contributed by atoms with Crippen molar-refractivity contribution in [3.05, 3.63) is 59.7 Å². The van der Waals surface area contributed by atoms with Crippen molar-refractivity contribution < 1.29 is 37.8 Å². The molecule has 0 unspecified atom stereocenters. The number of benzene rings is 2. The molecule has 37 heavy (non-hydrogen) atoms. The molecule has 0 radical (unpaired) electrons. The van der Waals surface area contributed by atoms with Gasteiger partial charge in [-0.15, -0.1) is 0 Å². The van der Waals surface area contributed by atoms with Gasteiger partial charge in [0.2, 0.25) is 5.95 Å². The van der Waals surface area contributed by atoms with E-state index in [0.717, 1.165) is 36.1 Å². The van der Waals surface area contributed by atoms with Gasteiger partial charge in [-0.25, -0.2) is 14.6 Å². The lowest BCUT2D eigenvalue weighted by Crippen LogP contribution is -2.29. The van der Waals surface area contributed by atoms with Crippen molar-refractivity contribution >= 4 is 40.5 Å². The molecule has 0 aliphatic heterocycles. The quantitative estimate of drug-likeness (QED) is 0.259. The number of nitrogens with zero attached hydrogens (tertiary/aromatic N) is 3. The first-order valence-corrected chi connectivity index (χ1v) is 11.1. The Balaban J connectivity index is 0.000000717. The lowest BCUT2D eigenvalue weighted by Gasteiger charge is -2.20. The summed E-state index contributed by atoms with van der Waals surface area (Å²) in [5, 5.41) is 21.6. The number of alkyl halides is 3. The normalized spacial score (nSPS) is 10.7. The highest BCUT2D eigenvalue weighted by molar-refractivity contribution is 6.27.